The Morgan fingerprint density at radius 2 is 1.30 bits per heavy atom. The summed E-state index contributed by atoms with van der Waals surface area (Å²) in [4.78, 5) is 0. The SMILES string of the molecule is OCc1cccc(-c2cc(CO)c(CO)c(CO)c2)c1. The summed E-state index contributed by atoms with van der Waals surface area (Å²) in [6.45, 7) is -0.655. The van der Waals surface area contributed by atoms with Crippen LogP contribution in [-0.2, 0) is 26.4 Å². The van der Waals surface area contributed by atoms with E-state index in [-0.39, 0.29) is 26.4 Å². The molecule has 2 aromatic rings. The lowest BCUT2D eigenvalue weighted by Gasteiger charge is -2.14. The van der Waals surface area contributed by atoms with Crippen molar-refractivity contribution < 1.29 is 20.4 Å². The first-order valence-electron chi connectivity index (χ1n) is 6.41. The van der Waals surface area contributed by atoms with E-state index in [0.29, 0.717) is 16.7 Å². The van der Waals surface area contributed by atoms with Crippen LogP contribution in [0.4, 0.5) is 0 Å². The Bertz CT molecular complexity index is 568. The zero-order chi connectivity index (χ0) is 14.5. The van der Waals surface area contributed by atoms with Crippen LogP contribution in [0.25, 0.3) is 11.1 Å². The first-order chi connectivity index (χ1) is 9.73. The standard InChI is InChI=1S/C16H18O4/c17-7-11-2-1-3-12(4-11)13-5-14(8-18)16(10-20)15(6-13)9-19/h1-6,17-20H,7-10H2. The minimum Gasteiger partial charge on any atom is -0.392 e. The van der Waals surface area contributed by atoms with Gasteiger partial charge >= 0.3 is 0 Å². The Morgan fingerprint density at radius 3 is 1.80 bits per heavy atom. The third kappa shape index (κ3) is 2.89. The summed E-state index contributed by atoms with van der Waals surface area (Å²) in [5.74, 6) is 0. The number of aliphatic hydroxyl groups is 4. The second-order valence-corrected chi connectivity index (χ2v) is 4.61. The van der Waals surface area contributed by atoms with Crippen LogP contribution in [0.1, 0.15) is 22.3 Å². The molecule has 0 unspecified atom stereocenters. The van der Waals surface area contributed by atoms with E-state index < -0.39 is 0 Å². The van der Waals surface area contributed by atoms with Crippen molar-refractivity contribution in [1.82, 2.24) is 0 Å². The average Bonchev–Trinajstić information content (AvgIpc) is 2.53. The van der Waals surface area contributed by atoms with E-state index in [2.05, 4.69) is 0 Å². The van der Waals surface area contributed by atoms with Crippen molar-refractivity contribution in [2.45, 2.75) is 26.4 Å². The van der Waals surface area contributed by atoms with Crippen molar-refractivity contribution >= 4 is 0 Å². The van der Waals surface area contributed by atoms with Gasteiger partial charge in [-0.2, -0.15) is 0 Å². The van der Waals surface area contributed by atoms with Gasteiger partial charge in [-0.25, -0.2) is 0 Å². The van der Waals surface area contributed by atoms with Crippen molar-refractivity contribution in [1.29, 1.82) is 0 Å². The summed E-state index contributed by atoms with van der Waals surface area (Å²) in [5, 5.41) is 37.3. The van der Waals surface area contributed by atoms with Gasteiger partial charge in [0.2, 0.25) is 0 Å². The summed E-state index contributed by atoms with van der Waals surface area (Å²) in [5.41, 5.74) is 4.30. The van der Waals surface area contributed by atoms with Crippen molar-refractivity contribution in [2.75, 3.05) is 0 Å². The average molecular weight is 274 g/mol. The lowest BCUT2D eigenvalue weighted by Crippen LogP contribution is -2.02. The molecule has 0 saturated carbocycles. The highest BCUT2D eigenvalue weighted by molar-refractivity contribution is 5.67. The molecule has 0 aliphatic heterocycles. The molecular weight excluding hydrogens is 256 g/mol. The second kappa shape index (κ2) is 6.63. The van der Waals surface area contributed by atoms with Crippen LogP contribution in [-0.4, -0.2) is 20.4 Å². The molecule has 4 heteroatoms. The van der Waals surface area contributed by atoms with E-state index in [9.17, 15) is 20.4 Å². The van der Waals surface area contributed by atoms with Crippen LogP contribution < -0.4 is 0 Å². The molecule has 0 aliphatic carbocycles. The van der Waals surface area contributed by atoms with E-state index in [4.69, 9.17) is 0 Å². The Morgan fingerprint density at radius 1 is 0.650 bits per heavy atom. The largest absolute Gasteiger partial charge is 0.392 e. The predicted octanol–water partition coefficient (Wildman–Crippen LogP) is 1.32. The molecule has 0 aliphatic rings. The normalized spacial score (nSPS) is 10.8. The van der Waals surface area contributed by atoms with Crippen LogP contribution in [0.5, 0.6) is 0 Å². The lowest BCUT2D eigenvalue weighted by molar-refractivity contribution is 0.248. The van der Waals surface area contributed by atoms with Gasteiger partial charge in [0, 0.05) is 0 Å². The minimum atomic E-state index is -0.219. The predicted molar refractivity (Wildman–Crippen MR) is 75.6 cm³/mol. The molecule has 0 spiro atoms. The summed E-state index contributed by atoms with van der Waals surface area (Å²) in [6.07, 6.45) is 0. The topological polar surface area (TPSA) is 80.9 Å². The molecule has 0 amide bonds. The van der Waals surface area contributed by atoms with Gasteiger partial charge in [0.15, 0.2) is 0 Å². The Labute approximate surface area is 117 Å². The fraction of sp³-hybridized carbons (Fsp3) is 0.250. The van der Waals surface area contributed by atoms with Crippen LogP contribution in [0.15, 0.2) is 36.4 Å². The third-order valence-corrected chi connectivity index (χ3v) is 3.38. The van der Waals surface area contributed by atoms with E-state index in [1.165, 1.54) is 0 Å². The lowest BCUT2D eigenvalue weighted by atomic mass is 9.94. The highest BCUT2D eigenvalue weighted by Gasteiger charge is 2.10. The molecule has 0 aromatic heterocycles. The molecule has 0 radical (unpaired) electrons. The zero-order valence-corrected chi connectivity index (χ0v) is 11.1. The Balaban J connectivity index is 2.56. The molecule has 2 rings (SSSR count). The molecule has 4 nitrogen and oxygen atoms in total. The number of hydrogen-bond donors (Lipinski definition) is 4. The van der Waals surface area contributed by atoms with Gasteiger partial charge < -0.3 is 20.4 Å². The summed E-state index contributed by atoms with van der Waals surface area (Å²) in [6, 6.07) is 11.0. The molecule has 4 N–H and O–H groups in total. The summed E-state index contributed by atoms with van der Waals surface area (Å²) < 4.78 is 0. The van der Waals surface area contributed by atoms with Crippen molar-refractivity contribution in [3.63, 3.8) is 0 Å². The highest BCUT2D eigenvalue weighted by atomic mass is 16.3. The zero-order valence-electron chi connectivity index (χ0n) is 11.1. The molecule has 0 heterocycles. The van der Waals surface area contributed by atoms with E-state index in [0.717, 1.165) is 16.7 Å². The molecule has 0 atom stereocenters. The van der Waals surface area contributed by atoms with Gasteiger partial charge in [-0.15, -0.1) is 0 Å². The quantitative estimate of drug-likeness (QED) is 0.663. The fourth-order valence-corrected chi connectivity index (χ4v) is 2.30. The number of hydrogen-bond acceptors (Lipinski definition) is 4. The number of benzene rings is 2. The molecule has 2 aromatic carbocycles. The molecule has 106 valence electrons. The Kier molecular flexibility index (Phi) is 4.87. The van der Waals surface area contributed by atoms with Gasteiger partial charge in [0.1, 0.15) is 0 Å². The molecular formula is C16H18O4. The Hall–Kier alpha value is -1.72. The van der Waals surface area contributed by atoms with Crippen LogP contribution in [0.2, 0.25) is 0 Å². The smallest absolute Gasteiger partial charge is 0.0688 e. The van der Waals surface area contributed by atoms with Gasteiger partial charge in [-0.05, 0) is 51.6 Å². The van der Waals surface area contributed by atoms with Gasteiger partial charge in [0.05, 0.1) is 26.4 Å². The first-order valence-corrected chi connectivity index (χ1v) is 6.41. The first kappa shape index (κ1) is 14.7. The van der Waals surface area contributed by atoms with Crippen molar-refractivity contribution in [3.8, 4) is 11.1 Å². The molecule has 0 fully saturated rings. The highest BCUT2D eigenvalue weighted by Crippen LogP contribution is 2.27. The van der Waals surface area contributed by atoms with Crippen LogP contribution >= 0.6 is 0 Å². The molecule has 0 saturated heterocycles. The maximum Gasteiger partial charge on any atom is 0.0688 e. The summed E-state index contributed by atoms with van der Waals surface area (Å²) in [7, 11) is 0. The molecule has 0 bridgehead atoms. The van der Waals surface area contributed by atoms with Crippen LogP contribution in [0.3, 0.4) is 0 Å². The maximum absolute atomic E-state index is 9.41. The van der Waals surface area contributed by atoms with E-state index >= 15 is 0 Å². The van der Waals surface area contributed by atoms with E-state index in [1.807, 2.05) is 24.3 Å². The number of rotatable bonds is 5. The van der Waals surface area contributed by atoms with Gasteiger partial charge in [0.25, 0.3) is 0 Å². The second-order valence-electron chi connectivity index (χ2n) is 4.61. The fourth-order valence-electron chi connectivity index (χ4n) is 2.30. The van der Waals surface area contributed by atoms with E-state index in [1.54, 1.807) is 12.1 Å². The van der Waals surface area contributed by atoms with Crippen molar-refractivity contribution in [3.05, 3.63) is 58.7 Å². The van der Waals surface area contributed by atoms with Crippen LogP contribution in [0, 0.1) is 0 Å². The maximum atomic E-state index is 9.41. The third-order valence-electron chi connectivity index (χ3n) is 3.38. The molecule has 20 heavy (non-hydrogen) atoms. The van der Waals surface area contributed by atoms with Crippen molar-refractivity contribution in [2.24, 2.45) is 0 Å². The summed E-state index contributed by atoms with van der Waals surface area (Å²) >= 11 is 0. The van der Waals surface area contributed by atoms with Gasteiger partial charge in [-0.3, -0.25) is 0 Å². The monoisotopic (exact) mass is 274 g/mol. The van der Waals surface area contributed by atoms with Gasteiger partial charge in [-0.1, -0.05) is 18.2 Å². The minimum absolute atomic E-state index is 0.0394. The number of aliphatic hydroxyl groups excluding tert-OH is 4.